The molecular formula is C26H22ClN3O4. The van der Waals surface area contributed by atoms with Crippen LogP contribution in [0.3, 0.4) is 0 Å². The van der Waals surface area contributed by atoms with E-state index in [1.807, 2.05) is 6.92 Å². The van der Waals surface area contributed by atoms with Gasteiger partial charge in [0.05, 0.1) is 17.8 Å². The molecule has 4 aromatic rings. The number of benzene rings is 3. The highest BCUT2D eigenvalue weighted by Crippen LogP contribution is 2.25. The number of carbonyl (C=O) groups is 2. The topological polar surface area (TPSA) is 100 Å². The van der Waals surface area contributed by atoms with Crippen LogP contribution in [0.1, 0.15) is 33.2 Å². The lowest BCUT2D eigenvalue weighted by molar-refractivity contribution is 0.101. The molecule has 0 radical (unpaired) electrons. The van der Waals surface area contributed by atoms with Gasteiger partial charge in [0, 0.05) is 28.2 Å². The Labute approximate surface area is 200 Å². The first-order valence-corrected chi connectivity index (χ1v) is 11.0. The molecule has 0 aliphatic carbocycles. The summed E-state index contributed by atoms with van der Waals surface area (Å²) < 4.78 is 1.50. The number of aromatic nitrogens is 1. The van der Waals surface area contributed by atoms with Gasteiger partial charge in [0.2, 0.25) is 0 Å². The molecule has 0 bridgehead atoms. The molecule has 0 aliphatic rings. The Balaban J connectivity index is 1.73. The smallest absolute Gasteiger partial charge is 0.263 e. The molecule has 4 rings (SSSR count). The zero-order valence-corrected chi connectivity index (χ0v) is 19.1. The van der Waals surface area contributed by atoms with Crippen molar-refractivity contribution in [1.29, 1.82) is 0 Å². The average Bonchev–Trinajstić information content (AvgIpc) is 2.85. The van der Waals surface area contributed by atoms with Gasteiger partial charge in [-0.2, -0.15) is 0 Å². The van der Waals surface area contributed by atoms with Crippen LogP contribution in [0.4, 0.5) is 11.4 Å². The molecule has 0 spiro atoms. The number of amides is 2. The molecule has 8 heteroatoms. The van der Waals surface area contributed by atoms with Crippen LogP contribution in [0.2, 0.25) is 5.02 Å². The summed E-state index contributed by atoms with van der Waals surface area (Å²) in [5, 5.41) is 15.9. The Hall–Kier alpha value is -3.94. The van der Waals surface area contributed by atoms with Gasteiger partial charge in [-0.3, -0.25) is 14.4 Å². The number of nitrogens with one attached hydrogen (secondary N) is 2. The fourth-order valence-electron chi connectivity index (χ4n) is 3.67. The first kappa shape index (κ1) is 23.2. The summed E-state index contributed by atoms with van der Waals surface area (Å²) in [4.78, 5) is 38.9. The number of fused-ring (bicyclic) bond motifs is 1. The lowest BCUT2D eigenvalue weighted by Crippen LogP contribution is -2.29. The van der Waals surface area contributed by atoms with E-state index in [4.69, 9.17) is 11.6 Å². The van der Waals surface area contributed by atoms with E-state index < -0.39 is 11.5 Å². The minimum absolute atomic E-state index is 0.0432. The van der Waals surface area contributed by atoms with E-state index in [0.29, 0.717) is 45.0 Å². The van der Waals surface area contributed by atoms with Crippen molar-refractivity contribution in [2.75, 3.05) is 10.6 Å². The maximum absolute atomic E-state index is 13.1. The van der Waals surface area contributed by atoms with Crippen molar-refractivity contribution in [2.24, 2.45) is 0 Å². The molecular weight excluding hydrogens is 454 g/mol. The number of hydrogen-bond acceptors (Lipinski definition) is 4. The number of hydrogen-bond donors (Lipinski definition) is 3. The highest BCUT2D eigenvalue weighted by molar-refractivity contribution is 6.30. The van der Waals surface area contributed by atoms with Crippen LogP contribution in [-0.4, -0.2) is 21.5 Å². The molecule has 2 amide bonds. The molecule has 0 saturated heterocycles. The lowest BCUT2D eigenvalue weighted by atomic mass is 10.1. The number of pyridine rings is 1. The summed E-state index contributed by atoms with van der Waals surface area (Å²) in [7, 11) is 0. The van der Waals surface area contributed by atoms with Gasteiger partial charge in [-0.25, -0.2) is 0 Å². The van der Waals surface area contributed by atoms with Gasteiger partial charge in [-0.15, -0.1) is 0 Å². The third kappa shape index (κ3) is 4.71. The molecule has 3 N–H and O–H groups in total. The first-order valence-electron chi connectivity index (χ1n) is 10.7. The van der Waals surface area contributed by atoms with E-state index in [1.54, 1.807) is 66.7 Å². The molecule has 0 unspecified atom stereocenters. The summed E-state index contributed by atoms with van der Waals surface area (Å²) in [6.45, 7) is 2.05. The van der Waals surface area contributed by atoms with Crippen molar-refractivity contribution in [1.82, 2.24) is 4.57 Å². The lowest BCUT2D eigenvalue weighted by Gasteiger charge is -2.15. The van der Waals surface area contributed by atoms with E-state index in [1.165, 1.54) is 10.6 Å². The van der Waals surface area contributed by atoms with Gasteiger partial charge in [0.1, 0.15) is 5.56 Å². The van der Waals surface area contributed by atoms with E-state index in [2.05, 4.69) is 10.6 Å². The zero-order chi connectivity index (χ0) is 24.2. The van der Waals surface area contributed by atoms with Crippen LogP contribution >= 0.6 is 11.6 Å². The Morgan fingerprint density at radius 2 is 1.65 bits per heavy atom. The maximum atomic E-state index is 13.1. The van der Waals surface area contributed by atoms with Crippen molar-refractivity contribution in [3.05, 3.63) is 105 Å². The number of halogens is 1. The van der Waals surface area contributed by atoms with E-state index >= 15 is 0 Å². The third-order valence-electron chi connectivity index (χ3n) is 5.45. The molecule has 34 heavy (non-hydrogen) atoms. The maximum Gasteiger partial charge on any atom is 0.263 e. The minimum Gasteiger partial charge on any atom is -0.392 e. The van der Waals surface area contributed by atoms with Gasteiger partial charge in [0.25, 0.3) is 17.4 Å². The molecule has 1 aromatic heterocycles. The number of rotatable bonds is 6. The third-order valence-corrected chi connectivity index (χ3v) is 5.70. The van der Waals surface area contributed by atoms with Gasteiger partial charge >= 0.3 is 0 Å². The molecule has 0 saturated carbocycles. The SMILES string of the molecule is CCn1c(=O)c(C(=O)Nc2ccc(Cl)cc2)cc2c(NC(=O)c3ccc(CO)cc3)cccc21. The number of nitrogens with zero attached hydrogens (tertiary/aromatic N) is 1. The molecule has 3 aromatic carbocycles. The van der Waals surface area contributed by atoms with Gasteiger partial charge in [-0.1, -0.05) is 29.8 Å². The monoisotopic (exact) mass is 475 g/mol. The van der Waals surface area contributed by atoms with E-state index in [0.717, 1.165) is 0 Å². The molecule has 0 atom stereocenters. The zero-order valence-electron chi connectivity index (χ0n) is 18.3. The van der Waals surface area contributed by atoms with Gasteiger partial charge < -0.3 is 20.3 Å². The summed E-state index contributed by atoms with van der Waals surface area (Å²) in [6, 6.07) is 19.9. The summed E-state index contributed by atoms with van der Waals surface area (Å²) in [6.07, 6.45) is 0. The van der Waals surface area contributed by atoms with E-state index in [-0.39, 0.29) is 18.1 Å². The van der Waals surface area contributed by atoms with Crippen LogP contribution in [0, 0.1) is 0 Å². The standard InChI is InChI=1S/C26H22ClN3O4/c1-2-30-23-5-3-4-22(29-24(32)17-8-6-16(15-31)7-9-17)20(23)14-21(26(30)34)25(33)28-19-12-10-18(27)11-13-19/h3-14,31H,2,15H2,1H3,(H,28,33)(H,29,32). The van der Waals surface area contributed by atoms with E-state index in [9.17, 15) is 19.5 Å². The Morgan fingerprint density at radius 3 is 2.29 bits per heavy atom. The Bertz CT molecular complexity index is 1430. The van der Waals surface area contributed by atoms with Crippen molar-refractivity contribution < 1.29 is 14.7 Å². The highest BCUT2D eigenvalue weighted by atomic mass is 35.5. The minimum atomic E-state index is -0.558. The number of aliphatic hydroxyl groups is 1. The summed E-state index contributed by atoms with van der Waals surface area (Å²) >= 11 is 5.90. The molecule has 172 valence electrons. The number of carbonyl (C=O) groups excluding carboxylic acids is 2. The fourth-order valence-corrected chi connectivity index (χ4v) is 3.80. The molecule has 0 fully saturated rings. The predicted molar refractivity (Wildman–Crippen MR) is 134 cm³/mol. The summed E-state index contributed by atoms with van der Waals surface area (Å²) in [5.41, 5.74) is 2.22. The largest absolute Gasteiger partial charge is 0.392 e. The predicted octanol–water partition coefficient (Wildman–Crippen LogP) is 4.67. The van der Waals surface area contributed by atoms with Gasteiger partial charge in [-0.05, 0) is 67.1 Å². The second kappa shape index (κ2) is 9.91. The summed E-state index contributed by atoms with van der Waals surface area (Å²) in [5.74, 6) is -0.907. The van der Waals surface area contributed by atoms with Crippen molar-refractivity contribution in [2.45, 2.75) is 20.1 Å². The average molecular weight is 476 g/mol. The molecule has 7 nitrogen and oxygen atoms in total. The number of aryl methyl sites for hydroxylation is 1. The Morgan fingerprint density at radius 1 is 0.941 bits per heavy atom. The first-order chi connectivity index (χ1) is 16.4. The highest BCUT2D eigenvalue weighted by Gasteiger charge is 2.18. The number of aliphatic hydroxyl groups excluding tert-OH is 1. The van der Waals surface area contributed by atoms with Crippen molar-refractivity contribution in [3.63, 3.8) is 0 Å². The Kier molecular flexibility index (Phi) is 6.77. The van der Waals surface area contributed by atoms with Crippen LogP contribution in [0.15, 0.2) is 77.6 Å². The fraction of sp³-hybridized carbons (Fsp3) is 0.115. The van der Waals surface area contributed by atoms with Crippen LogP contribution in [0.5, 0.6) is 0 Å². The molecule has 1 heterocycles. The quantitative estimate of drug-likeness (QED) is 0.377. The van der Waals surface area contributed by atoms with Crippen LogP contribution in [0.25, 0.3) is 10.9 Å². The van der Waals surface area contributed by atoms with Crippen LogP contribution in [-0.2, 0) is 13.2 Å². The molecule has 0 aliphatic heterocycles. The second-order valence-corrected chi connectivity index (χ2v) is 8.05. The normalized spacial score (nSPS) is 10.8. The van der Waals surface area contributed by atoms with Crippen molar-refractivity contribution >= 4 is 45.7 Å². The van der Waals surface area contributed by atoms with Crippen molar-refractivity contribution in [3.8, 4) is 0 Å². The second-order valence-electron chi connectivity index (χ2n) is 7.62. The van der Waals surface area contributed by atoms with Gasteiger partial charge in [0.15, 0.2) is 0 Å². The van der Waals surface area contributed by atoms with Crippen LogP contribution < -0.4 is 16.2 Å². The number of anilines is 2.